The Kier molecular flexibility index (Phi) is 3.34. The van der Waals surface area contributed by atoms with Crippen LogP contribution < -0.4 is 0 Å². The van der Waals surface area contributed by atoms with E-state index in [9.17, 15) is 0 Å². The molecule has 0 amide bonds. The van der Waals surface area contributed by atoms with Gasteiger partial charge >= 0.3 is 16.6 Å². The second kappa shape index (κ2) is 2.92. The van der Waals surface area contributed by atoms with E-state index in [0.29, 0.717) is 0 Å². The van der Waals surface area contributed by atoms with Gasteiger partial charge in [-0.2, -0.15) is 0 Å². The van der Waals surface area contributed by atoms with E-state index in [4.69, 9.17) is 3.48 Å². The molecular formula is C2H9AlOSi. The Morgan fingerprint density at radius 1 is 1.60 bits per heavy atom. The van der Waals surface area contributed by atoms with Gasteiger partial charge in [-0.05, 0) is 0 Å². The molecule has 5 heavy (non-hydrogen) atoms. The standard InChI is InChI=1S/C2H7OSi.Al.2H/c1-4(2)3;;;/h4H,1-2H3;;;/q-1;+1;;. The van der Waals surface area contributed by atoms with Crippen LogP contribution in [0.25, 0.3) is 0 Å². The molecule has 1 nitrogen and oxygen atoms in total. The minimum absolute atomic E-state index is 0.588. The van der Waals surface area contributed by atoms with Crippen molar-refractivity contribution >= 4 is 25.7 Å². The third-order valence-electron chi connectivity index (χ3n) is 0.471. The molecule has 0 N–H and O–H groups in total. The molecule has 0 rings (SSSR count). The van der Waals surface area contributed by atoms with Crippen molar-refractivity contribution in [3.63, 3.8) is 0 Å². The number of rotatable bonds is 1. The Balaban J connectivity index is 2.54. The highest BCUT2D eigenvalue weighted by atomic mass is 28.3. The SMILES string of the molecule is C[SiH](C)[O][AlH2]. The van der Waals surface area contributed by atoms with Crippen LogP contribution in [0.5, 0.6) is 0 Å². The fourth-order valence-corrected chi connectivity index (χ4v) is 0. The minimum Gasteiger partial charge on any atom is -0.553 e. The maximum atomic E-state index is 5.03. The van der Waals surface area contributed by atoms with Crippen LogP contribution in [0.3, 0.4) is 0 Å². The Hall–Kier alpha value is 0.709. The minimum atomic E-state index is -0.588. The molecule has 0 heterocycles. The largest absolute Gasteiger partial charge is 0.553 e. The van der Waals surface area contributed by atoms with Gasteiger partial charge in [0.15, 0.2) is 0 Å². The van der Waals surface area contributed by atoms with Crippen LogP contribution in [-0.4, -0.2) is 25.7 Å². The first-order valence-electron chi connectivity index (χ1n) is 1.80. The Morgan fingerprint density at radius 2 is 1.80 bits per heavy atom. The second-order valence-corrected chi connectivity index (χ2v) is 5.27. The summed E-state index contributed by atoms with van der Waals surface area (Å²) in [5.41, 5.74) is 0. The van der Waals surface area contributed by atoms with E-state index in [1.54, 1.807) is 0 Å². The van der Waals surface area contributed by atoms with Crippen molar-refractivity contribution < 1.29 is 3.48 Å². The molecule has 0 saturated carbocycles. The first-order valence-corrected chi connectivity index (χ1v) is 5.40. The van der Waals surface area contributed by atoms with Crippen molar-refractivity contribution in [2.24, 2.45) is 0 Å². The van der Waals surface area contributed by atoms with Gasteiger partial charge in [0.1, 0.15) is 9.04 Å². The van der Waals surface area contributed by atoms with Crippen molar-refractivity contribution in [2.75, 3.05) is 0 Å². The van der Waals surface area contributed by atoms with E-state index in [-0.39, 0.29) is 0 Å². The van der Waals surface area contributed by atoms with Gasteiger partial charge in [0.2, 0.25) is 0 Å². The lowest BCUT2D eigenvalue weighted by atomic mass is 11.9. The highest BCUT2D eigenvalue weighted by Gasteiger charge is 1.81. The van der Waals surface area contributed by atoms with Crippen molar-refractivity contribution in [1.82, 2.24) is 0 Å². The van der Waals surface area contributed by atoms with E-state index in [1.165, 1.54) is 0 Å². The highest BCUT2D eigenvalue weighted by molar-refractivity contribution is 6.52. The summed E-state index contributed by atoms with van der Waals surface area (Å²) < 4.78 is 5.03. The topological polar surface area (TPSA) is 9.23 Å². The highest BCUT2D eigenvalue weighted by Crippen LogP contribution is 1.72. The third kappa shape index (κ3) is 4.71. The predicted molar refractivity (Wildman–Crippen MR) is 28.5 cm³/mol. The van der Waals surface area contributed by atoms with Crippen LogP contribution in [0.4, 0.5) is 0 Å². The summed E-state index contributed by atoms with van der Waals surface area (Å²) in [6.45, 7) is 4.35. The van der Waals surface area contributed by atoms with Crippen LogP contribution in [0.2, 0.25) is 13.1 Å². The molecule has 0 aromatic rings. The zero-order valence-corrected chi connectivity index (χ0v) is 7.14. The van der Waals surface area contributed by atoms with Crippen molar-refractivity contribution in [3.8, 4) is 0 Å². The Morgan fingerprint density at radius 3 is 1.80 bits per heavy atom. The maximum absolute atomic E-state index is 5.03. The van der Waals surface area contributed by atoms with Crippen molar-refractivity contribution in [1.29, 1.82) is 0 Å². The van der Waals surface area contributed by atoms with Gasteiger partial charge < -0.3 is 3.48 Å². The van der Waals surface area contributed by atoms with E-state index >= 15 is 0 Å². The fraction of sp³-hybridized carbons (Fsp3) is 1.00. The van der Waals surface area contributed by atoms with Crippen molar-refractivity contribution in [2.45, 2.75) is 13.1 Å². The van der Waals surface area contributed by atoms with Gasteiger partial charge in [-0.15, -0.1) is 0 Å². The summed E-state index contributed by atoms with van der Waals surface area (Å²) in [6.07, 6.45) is 0. The van der Waals surface area contributed by atoms with Crippen LogP contribution in [0.1, 0.15) is 0 Å². The van der Waals surface area contributed by atoms with E-state index in [1.807, 2.05) is 0 Å². The lowest BCUT2D eigenvalue weighted by Crippen LogP contribution is -2.02. The molecule has 30 valence electrons. The second-order valence-electron chi connectivity index (χ2n) is 1.28. The van der Waals surface area contributed by atoms with Crippen molar-refractivity contribution in [3.05, 3.63) is 0 Å². The zero-order chi connectivity index (χ0) is 4.28. The first-order chi connectivity index (χ1) is 2.27. The Bertz CT molecular complexity index is 23.6. The molecule has 0 aromatic heterocycles. The molecule has 3 heteroatoms. The molecule has 0 unspecified atom stereocenters. The molecule has 0 aromatic carbocycles. The Labute approximate surface area is 42.8 Å². The molecule has 0 aliphatic carbocycles. The van der Waals surface area contributed by atoms with E-state index in [0.717, 1.165) is 16.6 Å². The molecule has 0 aliphatic heterocycles. The summed E-state index contributed by atoms with van der Waals surface area (Å²) in [6, 6.07) is 0. The lowest BCUT2D eigenvalue weighted by Gasteiger charge is -1.95. The first kappa shape index (κ1) is 5.71. The summed E-state index contributed by atoms with van der Waals surface area (Å²) >= 11 is 0.935. The lowest BCUT2D eigenvalue weighted by molar-refractivity contribution is 0.647. The van der Waals surface area contributed by atoms with E-state index in [2.05, 4.69) is 13.1 Å². The predicted octanol–water partition coefficient (Wildman–Crippen LogP) is -0.466. The quantitative estimate of drug-likeness (QED) is 0.409. The van der Waals surface area contributed by atoms with Crippen LogP contribution in [-0.2, 0) is 3.48 Å². The normalized spacial score (nSPS) is 9.40. The number of hydrogen-bond acceptors (Lipinski definition) is 1. The van der Waals surface area contributed by atoms with Crippen LogP contribution in [0, 0.1) is 0 Å². The fourth-order valence-electron chi connectivity index (χ4n) is 0. The molecule has 0 saturated heterocycles. The average Bonchev–Trinajstić information content (AvgIpc) is 1.38. The van der Waals surface area contributed by atoms with Crippen LogP contribution in [0.15, 0.2) is 0 Å². The van der Waals surface area contributed by atoms with Crippen LogP contribution >= 0.6 is 0 Å². The van der Waals surface area contributed by atoms with Gasteiger partial charge in [0.05, 0.1) is 0 Å². The van der Waals surface area contributed by atoms with E-state index < -0.39 is 9.04 Å². The van der Waals surface area contributed by atoms with Gasteiger partial charge in [0, 0.05) is 0 Å². The summed E-state index contributed by atoms with van der Waals surface area (Å²) in [5.74, 6) is 0. The van der Waals surface area contributed by atoms with Gasteiger partial charge in [-0.25, -0.2) is 0 Å². The smallest absolute Gasteiger partial charge is 0.398 e. The third-order valence-corrected chi connectivity index (χ3v) is 4.24. The van der Waals surface area contributed by atoms with Gasteiger partial charge in [-0.1, -0.05) is 13.1 Å². The summed E-state index contributed by atoms with van der Waals surface area (Å²) in [7, 11) is -0.588. The molecule has 0 fully saturated rings. The monoisotopic (exact) mass is 104 g/mol. The van der Waals surface area contributed by atoms with Gasteiger partial charge in [-0.3, -0.25) is 0 Å². The zero-order valence-electron chi connectivity index (χ0n) is 3.99. The summed E-state index contributed by atoms with van der Waals surface area (Å²) in [5, 5.41) is 0. The molecule has 0 bridgehead atoms. The maximum Gasteiger partial charge on any atom is 0.398 e. The molecule has 0 radical (unpaired) electrons. The summed E-state index contributed by atoms with van der Waals surface area (Å²) in [4.78, 5) is 0. The molecular weight excluding hydrogens is 95.1 g/mol. The number of hydrogen-bond donors (Lipinski definition) is 0. The van der Waals surface area contributed by atoms with Gasteiger partial charge in [0.25, 0.3) is 0 Å². The average molecular weight is 104 g/mol. The molecule has 0 spiro atoms. The molecule has 0 atom stereocenters. The molecule has 0 aliphatic rings.